The molecule has 0 aliphatic heterocycles. The zero-order chi connectivity index (χ0) is 12.2. The molecule has 0 atom stereocenters. The van der Waals surface area contributed by atoms with Crippen molar-refractivity contribution in [2.75, 3.05) is 0 Å². The maximum atomic E-state index is 13.6. The van der Waals surface area contributed by atoms with Crippen LogP contribution in [0.5, 0.6) is 0 Å². The number of hydrogen-bond donors (Lipinski definition) is 0. The Bertz CT molecular complexity index is 380. The van der Waals surface area contributed by atoms with Crippen LogP contribution in [0.15, 0.2) is 28.7 Å². The van der Waals surface area contributed by atoms with E-state index in [2.05, 4.69) is 25.2 Å². The Labute approximate surface area is 101 Å². The third-order valence-corrected chi connectivity index (χ3v) is 2.81. The van der Waals surface area contributed by atoms with Crippen molar-refractivity contribution in [3.05, 3.63) is 35.6 Å². The number of benzene rings is 1. The summed E-state index contributed by atoms with van der Waals surface area (Å²) in [4.78, 5) is 0. The Morgan fingerprint density at radius 1 is 1.31 bits per heavy atom. The highest BCUT2D eigenvalue weighted by Crippen LogP contribution is 2.26. The number of halogens is 1. The van der Waals surface area contributed by atoms with E-state index in [0.717, 1.165) is 12.1 Å². The van der Waals surface area contributed by atoms with Gasteiger partial charge in [0.2, 0.25) is 0 Å². The second-order valence-corrected chi connectivity index (χ2v) is 6.16. The maximum absolute atomic E-state index is 13.6. The summed E-state index contributed by atoms with van der Waals surface area (Å²) in [6.45, 7) is 8.27. The van der Waals surface area contributed by atoms with Crippen LogP contribution in [-0.4, -0.2) is 10.5 Å². The third kappa shape index (κ3) is 3.97. The minimum absolute atomic E-state index is 0.0612. The molecule has 1 rings (SSSR count). The molecule has 0 saturated heterocycles. The van der Waals surface area contributed by atoms with Crippen molar-refractivity contribution in [2.24, 2.45) is 4.40 Å². The molecule has 88 valence electrons. The van der Waals surface area contributed by atoms with Gasteiger partial charge in [0.25, 0.3) is 0 Å². The van der Waals surface area contributed by atoms with Crippen molar-refractivity contribution in [1.82, 2.24) is 0 Å². The molecule has 0 fully saturated rings. The fourth-order valence-electron chi connectivity index (χ4n) is 1.19. The molecular formula is C13H18FNS. The zero-order valence-electron chi connectivity index (χ0n) is 10.2. The largest absolute Gasteiger partial charge is 0.220 e. The summed E-state index contributed by atoms with van der Waals surface area (Å²) in [6.07, 6.45) is 0.740. The summed E-state index contributed by atoms with van der Waals surface area (Å²) in [5.41, 5.74) is 1.43. The Balaban J connectivity index is 2.95. The Morgan fingerprint density at radius 3 is 2.44 bits per heavy atom. The van der Waals surface area contributed by atoms with E-state index in [1.165, 1.54) is 18.0 Å². The molecule has 0 aromatic heterocycles. The second kappa shape index (κ2) is 5.48. The molecule has 1 nitrogen and oxygen atoms in total. The maximum Gasteiger partial charge on any atom is 0.132 e. The van der Waals surface area contributed by atoms with E-state index in [-0.39, 0.29) is 10.6 Å². The summed E-state index contributed by atoms with van der Waals surface area (Å²) in [6, 6.07) is 6.79. The SMILES string of the molecule is CCC(=NSC(C)(C)C)c1ccccc1F. The first-order chi connectivity index (χ1) is 7.44. The van der Waals surface area contributed by atoms with Crippen LogP contribution < -0.4 is 0 Å². The summed E-state index contributed by atoms with van der Waals surface area (Å²) in [5, 5.41) is 0. The van der Waals surface area contributed by atoms with Gasteiger partial charge in [-0.2, -0.15) is 0 Å². The molecule has 0 saturated carbocycles. The van der Waals surface area contributed by atoms with E-state index in [9.17, 15) is 4.39 Å². The van der Waals surface area contributed by atoms with Gasteiger partial charge in [0.15, 0.2) is 0 Å². The second-order valence-electron chi connectivity index (χ2n) is 4.58. The van der Waals surface area contributed by atoms with Gasteiger partial charge in [-0.3, -0.25) is 0 Å². The van der Waals surface area contributed by atoms with Gasteiger partial charge >= 0.3 is 0 Å². The molecule has 1 aromatic carbocycles. The minimum Gasteiger partial charge on any atom is -0.220 e. The smallest absolute Gasteiger partial charge is 0.132 e. The Morgan fingerprint density at radius 2 is 1.94 bits per heavy atom. The van der Waals surface area contributed by atoms with Gasteiger partial charge in [-0.1, -0.05) is 25.1 Å². The molecule has 0 unspecified atom stereocenters. The van der Waals surface area contributed by atoms with Gasteiger partial charge in [0, 0.05) is 10.3 Å². The van der Waals surface area contributed by atoms with Crippen molar-refractivity contribution >= 4 is 17.7 Å². The van der Waals surface area contributed by atoms with Crippen molar-refractivity contribution in [1.29, 1.82) is 0 Å². The lowest BCUT2D eigenvalue weighted by atomic mass is 10.1. The standard InChI is InChI=1S/C13H18FNS/c1-5-12(15-16-13(2,3)4)10-8-6-7-9-11(10)14/h6-9H,5H2,1-4H3. The number of nitrogens with zero attached hydrogens (tertiary/aromatic N) is 1. The molecule has 0 spiro atoms. The number of hydrogen-bond acceptors (Lipinski definition) is 2. The highest BCUT2D eigenvalue weighted by Gasteiger charge is 2.12. The zero-order valence-corrected chi connectivity index (χ0v) is 11.1. The van der Waals surface area contributed by atoms with Gasteiger partial charge in [-0.15, -0.1) is 0 Å². The third-order valence-electron chi connectivity index (χ3n) is 1.95. The van der Waals surface area contributed by atoms with E-state index in [4.69, 9.17) is 0 Å². The van der Waals surface area contributed by atoms with Crippen molar-refractivity contribution in [3.63, 3.8) is 0 Å². The molecule has 0 N–H and O–H groups in total. The van der Waals surface area contributed by atoms with Crippen LogP contribution in [0.25, 0.3) is 0 Å². The van der Waals surface area contributed by atoms with Crippen molar-refractivity contribution in [2.45, 2.75) is 38.9 Å². The topological polar surface area (TPSA) is 12.4 Å². The lowest BCUT2D eigenvalue weighted by Crippen LogP contribution is -2.08. The number of rotatable bonds is 3. The van der Waals surface area contributed by atoms with E-state index < -0.39 is 0 Å². The normalized spacial score (nSPS) is 12.9. The summed E-state index contributed by atoms with van der Waals surface area (Å²) in [5.74, 6) is -0.197. The van der Waals surface area contributed by atoms with Crippen LogP contribution in [0.1, 0.15) is 39.7 Å². The van der Waals surface area contributed by atoms with Crippen LogP contribution in [0.3, 0.4) is 0 Å². The van der Waals surface area contributed by atoms with Crippen LogP contribution in [0.4, 0.5) is 4.39 Å². The molecule has 0 aliphatic rings. The van der Waals surface area contributed by atoms with Gasteiger partial charge in [0.1, 0.15) is 5.82 Å². The summed E-state index contributed by atoms with van der Waals surface area (Å²) in [7, 11) is 0. The van der Waals surface area contributed by atoms with Gasteiger partial charge in [0.05, 0.1) is 5.71 Å². The van der Waals surface area contributed by atoms with Crippen LogP contribution >= 0.6 is 11.9 Å². The van der Waals surface area contributed by atoms with E-state index in [0.29, 0.717) is 5.56 Å². The molecule has 0 aliphatic carbocycles. The molecule has 1 aromatic rings. The molecule has 3 heteroatoms. The summed E-state index contributed by atoms with van der Waals surface area (Å²) < 4.78 is 18.1. The molecule has 0 radical (unpaired) electrons. The quantitative estimate of drug-likeness (QED) is 0.560. The van der Waals surface area contributed by atoms with Gasteiger partial charge < -0.3 is 0 Å². The molecular weight excluding hydrogens is 221 g/mol. The lowest BCUT2D eigenvalue weighted by Gasteiger charge is -2.14. The lowest BCUT2D eigenvalue weighted by molar-refractivity contribution is 0.625. The predicted octanol–water partition coefficient (Wildman–Crippen LogP) is 4.47. The van der Waals surface area contributed by atoms with E-state index in [1.54, 1.807) is 12.1 Å². The Hall–Kier alpha value is -0.830. The molecule has 0 amide bonds. The fraction of sp³-hybridized carbons (Fsp3) is 0.462. The van der Waals surface area contributed by atoms with Crippen LogP contribution in [-0.2, 0) is 0 Å². The van der Waals surface area contributed by atoms with Gasteiger partial charge in [-0.05, 0) is 45.2 Å². The average Bonchev–Trinajstić information content (AvgIpc) is 2.20. The minimum atomic E-state index is -0.197. The van der Waals surface area contributed by atoms with Crippen molar-refractivity contribution in [3.8, 4) is 0 Å². The molecule has 0 heterocycles. The highest BCUT2D eigenvalue weighted by atomic mass is 32.2. The molecule has 16 heavy (non-hydrogen) atoms. The summed E-state index contributed by atoms with van der Waals surface area (Å²) >= 11 is 1.49. The van der Waals surface area contributed by atoms with E-state index in [1.807, 2.05) is 13.0 Å². The highest BCUT2D eigenvalue weighted by molar-refractivity contribution is 7.99. The molecule has 0 bridgehead atoms. The van der Waals surface area contributed by atoms with Crippen LogP contribution in [0, 0.1) is 5.82 Å². The predicted molar refractivity (Wildman–Crippen MR) is 70.6 cm³/mol. The van der Waals surface area contributed by atoms with Crippen LogP contribution in [0.2, 0.25) is 0 Å². The van der Waals surface area contributed by atoms with Crippen molar-refractivity contribution < 1.29 is 4.39 Å². The van der Waals surface area contributed by atoms with Gasteiger partial charge in [-0.25, -0.2) is 8.79 Å². The van der Waals surface area contributed by atoms with E-state index >= 15 is 0 Å². The first kappa shape index (κ1) is 13.2. The Kier molecular flexibility index (Phi) is 4.54. The first-order valence-electron chi connectivity index (χ1n) is 5.44. The monoisotopic (exact) mass is 239 g/mol. The fourth-order valence-corrected chi connectivity index (χ4v) is 1.80. The first-order valence-corrected chi connectivity index (χ1v) is 6.21. The average molecular weight is 239 g/mol.